The lowest BCUT2D eigenvalue weighted by atomic mass is 9.67. The second kappa shape index (κ2) is 7.96. The summed E-state index contributed by atoms with van der Waals surface area (Å²) < 4.78 is 40.7. The van der Waals surface area contributed by atoms with Gasteiger partial charge in [0.1, 0.15) is 12.3 Å². The number of halogens is 3. The molecule has 1 aliphatic carbocycles. The van der Waals surface area contributed by atoms with E-state index in [0.29, 0.717) is 18.4 Å². The van der Waals surface area contributed by atoms with E-state index in [4.69, 9.17) is 5.11 Å². The number of benzene rings is 1. The van der Waals surface area contributed by atoms with Crippen LogP contribution in [0.1, 0.15) is 31.2 Å². The zero-order valence-electron chi connectivity index (χ0n) is 15.7. The SMILES string of the molecule is O=C(O)CNC(=O)C1C(=O)CC2(CCC2)N(Cc2ccc(OC(F)(F)F)cc2)C1=O. The van der Waals surface area contributed by atoms with Gasteiger partial charge in [0.25, 0.3) is 0 Å². The summed E-state index contributed by atoms with van der Waals surface area (Å²) in [4.78, 5) is 49.8. The summed E-state index contributed by atoms with van der Waals surface area (Å²) in [5.41, 5.74) is -0.220. The first kappa shape index (κ1) is 21.6. The molecule has 1 spiro atoms. The highest BCUT2D eigenvalue weighted by molar-refractivity contribution is 6.20. The van der Waals surface area contributed by atoms with Crippen LogP contribution in [0.3, 0.4) is 0 Å². The number of aliphatic carboxylic acids is 1. The maximum atomic E-state index is 13.0. The van der Waals surface area contributed by atoms with Gasteiger partial charge in [-0.2, -0.15) is 0 Å². The number of carbonyl (C=O) groups excluding carboxylic acids is 3. The third-order valence-electron chi connectivity index (χ3n) is 5.37. The van der Waals surface area contributed by atoms with Crippen LogP contribution in [-0.2, 0) is 25.7 Å². The average molecular weight is 428 g/mol. The van der Waals surface area contributed by atoms with Crippen LogP contribution in [-0.4, -0.2) is 52.0 Å². The van der Waals surface area contributed by atoms with Gasteiger partial charge in [-0.15, -0.1) is 13.2 Å². The molecule has 1 atom stereocenters. The molecular formula is C19H19F3N2O6. The predicted octanol–water partition coefficient (Wildman–Crippen LogP) is 1.63. The number of piperidine rings is 1. The van der Waals surface area contributed by atoms with E-state index in [2.05, 4.69) is 10.1 Å². The molecule has 11 heteroatoms. The first-order valence-corrected chi connectivity index (χ1v) is 9.19. The van der Waals surface area contributed by atoms with E-state index in [1.54, 1.807) is 0 Å². The Balaban J connectivity index is 1.78. The molecule has 162 valence electrons. The molecule has 2 amide bonds. The van der Waals surface area contributed by atoms with Gasteiger partial charge in [-0.1, -0.05) is 12.1 Å². The summed E-state index contributed by atoms with van der Waals surface area (Å²) in [5.74, 6) is -5.62. The lowest BCUT2D eigenvalue weighted by Crippen LogP contribution is -2.65. The molecule has 1 aromatic rings. The number of ether oxygens (including phenoxy) is 1. The van der Waals surface area contributed by atoms with Crippen LogP contribution < -0.4 is 10.1 Å². The van der Waals surface area contributed by atoms with E-state index < -0.39 is 53.7 Å². The maximum Gasteiger partial charge on any atom is 0.573 e. The molecule has 1 heterocycles. The van der Waals surface area contributed by atoms with Gasteiger partial charge in [-0.25, -0.2) is 0 Å². The minimum Gasteiger partial charge on any atom is -0.480 e. The zero-order valence-corrected chi connectivity index (χ0v) is 15.7. The molecular weight excluding hydrogens is 409 g/mol. The summed E-state index contributed by atoms with van der Waals surface area (Å²) in [6.07, 6.45) is -2.91. The van der Waals surface area contributed by atoms with Crippen molar-refractivity contribution in [3.8, 4) is 5.75 Å². The second-order valence-electron chi connectivity index (χ2n) is 7.38. The first-order chi connectivity index (χ1) is 14.0. The molecule has 8 nitrogen and oxygen atoms in total. The highest BCUT2D eigenvalue weighted by Crippen LogP contribution is 2.45. The summed E-state index contributed by atoms with van der Waals surface area (Å²) >= 11 is 0. The molecule has 1 saturated heterocycles. The van der Waals surface area contributed by atoms with Crippen molar-refractivity contribution in [3.05, 3.63) is 29.8 Å². The van der Waals surface area contributed by atoms with Crippen molar-refractivity contribution in [1.29, 1.82) is 0 Å². The molecule has 1 saturated carbocycles. The Morgan fingerprint density at radius 3 is 2.33 bits per heavy atom. The molecule has 1 unspecified atom stereocenters. The second-order valence-corrected chi connectivity index (χ2v) is 7.38. The van der Waals surface area contributed by atoms with Crippen LogP contribution in [0.4, 0.5) is 13.2 Å². The monoisotopic (exact) mass is 428 g/mol. The van der Waals surface area contributed by atoms with Gasteiger partial charge in [0.15, 0.2) is 11.7 Å². The fraction of sp³-hybridized carbons (Fsp3) is 0.474. The Morgan fingerprint density at radius 1 is 1.20 bits per heavy atom. The molecule has 2 aliphatic rings. The number of ketones is 1. The van der Waals surface area contributed by atoms with Gasteiger partial charge >= 0.3 is 12.3 Å². The van der Waals surface area contributed by atoms with E-state index >= 15 is 0 Å². The van der Waals surface area contributed by atoms with Crippen LogP contribution in [0.15, 0.2) is 24.3 Å². The molecule has 0 bridgehead atoms. The Morgan fingerprint density at radius 2 is 1.83 bits per heavy atom. The Bertz CT molecular complexity index is 864. The normalized spacial score (nSPS) is 20.6. The lowest BCUT2D eigenvalue weighted by molar-refractivity contribution is -0.274. The third-order valence-corrected chi connectivity index (χ3v) is 5.37. The number of carbonyl (C=O) groups is 4. The molecule has 3 rings (SSSR count). The van der Waals surface area contributed by atoms with Gasteiger partial charge in [0, 0.05) is 13.0 Å². The van der Waals surface area contributed by atoms with Crippen molar-refractivity contribution in [2.45, 2.75) is 44.1 Å². The van der Waals surface area contributed by atoms with Crippen LogP contribution >= 0.6 is 0 Å². The van der Waals surface area contributed by atoms with Gasteiger partial charge in [-0.05, 0) is 37.0 Å². The number of nitrogens with one attached hydrogen (secondary N) is 1. The number of hydrogen-bond donors (Lipinski definition) is 2. The number of likely N-dealkylation sites (tertiary alicyclic amines) is 1. The van der Waals surface area contributed by atoms with Crippen LogP contribution in [0.2, 0.25) is 0 Å². The number of rotatable bonds is 6. The number of amides is 2. The molecule has 0 aromatic heterocycles. The number of alkyl halides is 3. The van der Waals surface area contributed by atoms with Crippen molar-refractivity contribution in [1.82, 2.24) is 10.2 Å². The number of hydrogen-bond acceptors (Lipinski definition) is 5. The number of Topliss-reactive ketones (excluding diaryl/α,β-unsaturated/α-hetero) is 1. The summed E-state index contributed by atoms with van der Waals surface area (Å²) in [7, 11) is 0. The lowest BCUT2D eigenvalue weighted by Gasteiger charge is -2.53. The van der Waals surface area contributed by atoms with Crippen molar-refractivity contribution >= 4 is 23.6 Å². The fourth-order valence-electron chi connectivity index (χ4n) is 3.83. The summed E-state index contributed by atoms with van der Waals surface area (Å²) in [6, 6.07) is 4.98. The van der Waals surface area contributed by atoms with Crippen molar-refractivity contribution < 1.29 is 42.2 Å². The highest BCUT2D eigenvalue weighted by Gasteiger charge is 2.55. The predicted molar refractivity (Wildman–Crippen MR) is 94.0 cm³/mol. The van der Waals surface area contributed by atoms with E-state index in [0.717, 1.165) is 18.6 Å². The van der Waals surface area contributed by atoms with Gasteiger partial charge in [0.2, 0.25) is 11.8 Å². The van der Waals surface area contributed by atoms with Crippen molar-refractivity contribution in [2.24, 2.45) is 5.92 Å². The van der Waals surface area contributed by atoms with Crippen LogP contribution in [0.5, 0.6) is 5.75 Å². The summed E-state index contributed by atoms with van der Waals surface area (Å²) in [5, 5.41) is 10.7. The van der Waals surface area contributed by atoms with Gasteiger partial charge in [0.05, 0.1) is 5.54 Å². The molecule has 2 fully saturated rings. The molecule has 1 aliphatic heterocycles. The van der Waals surface area contributed by atoms with E-state index in [1.807, 2.05) is 0 Å². The Labute approximate surface area is 169 Å². The van der Waals surface area contributed by atoms with Gasteiger partial charge in [-0.3, -0.25) is 19.2 Å². The highest BCUT2D eigenvalue weighted by atomic mass is 19.4. The van der Waals surface area contributed by atoms with E-state index in [-0.39, 0.29) is 13.0 Å². The van der Waals surface area contributed by atoms with Crippen molar-refractivity contribution in [2.75, 3.05) is 6.54 Å². The van der Waals surface area contributed by atoms with E-state index in [1.165, 1.54) is 17.0 Å². The molecule has 30 heavy (non-hydrogen) atoms. The molecule has 2 N–H and O–H groups in total. The smallest absolute Gasteiger partial charge is 0.480 e. The quantitative estimate of drug-likeness (QED) is 0.666. The average Bonchev–Trinajstić information content (AvgIpc) is 2.61. The minimum atomic E-state index is -4.82. The topological polar surface area (TPSA) is 113 Å². The Hall–Kier alpha value is -3.11. The zero-order chi connectivity index (χ0) is 22.1. The third kappa shape index (κ3) is 4.55. The first-order valence-electron chi connectivity index (χ1n) is 9.19. The standard InChI is InChI=1S/C19H19F3N2O6/c20-19(21,22)30-12-4-2-11(3-5-12)10-24-17(29)15(16(28)23-9-14(26)27)13(25)8-18(24)6-1-7-18/h2-5,15H,1,6-10H2,(H,23,28)(H,26,27). The van der Waals surface area contributed by atoms with E-state index in [9.17, 15) is 32.3 Å². The molecule has 0 radical (unpaired) electrons. The largest absolute Gasteiger partial charge is 0.573 e. The van der Waals surface area contributed by atoms with Gasteiger partial charge < -0.3 is 20.1 Å². The maximum absolute atomic E-state index is 13.0. The number of nitrogens with zero attached hydrogens (tertiary/aromatic N) is 1. The minimum absolute atomic E-state index is 0.00111. The van der Waals surface area contributed by atoms with Crippen LogP contribution in [0, 0.1) is 5.92 Å². The number of carboxylic acid groups (broad SMARTS) is 1. The van der Waals surface area contributed by atoms with Crippen LogP contribution in [0.25, 0.3) is 0 Å². The Kier molecular flexibility index (Phi) is 5.73. The molecule has 1 aromatic carbocycles. The summed E-state index contributed by atoms with van der Waals surface area (Å²) in [6.45, 7) is -0.719. The fourth-order valence-corrected chi connectivity index (χ4v) is 3.83. The number of carboxylic acids is 1. The van der Waals surface area contributed by atoms with Crippen molar-refractivity contribution in [3.63, 3.8) is 0 Å².